The number of allylic oxidation sites excluding steroid dienone is 1. The van der Waals surface area contributed by atoms with Gasteiger partial charge in [0.15, 0.2) is 5.76 Å². The summed E-state index contributed by atoms with van der Waals surface area (Å²) < 4.78 is 26.2. The Labute approximate surface area is 178 Å². The minimum atomic E-state index is -0.452. The number of benzene rings is 2. The molecule has 0 spiro atoms. The number of carbonyl (C=O) groups is 2. The lowest BCUT2D eigenvalue weighted by Gasteiger charge is -2.05. The summed E-state index contributed by atoms with van der Waals surface area (Å²) >= 11 is 0. The van der Waals surface area contributed by atoms with Crippen LogP contribution in [0.1, 0.15) is 28.1 Å². The van der Waals surface area contributed by atoms with Gasteiger partial charge >= 0.3 is 5.97 Å². The average molecular weight is 421 g/mol. The summed E-state index contributed by atoms with van der Waals surface area (Å²) in [5.41, 5.74) is 1.17. The van der Waals surface area contributed by atoms with Crippen LogP contribution in [0.4, 0.5) is 0 Å². The summed E-state index contributed by atoms with van der Waals surface area (Å²) in [4.78, 5) is 24.8. The third kappa shape index (κ3) is 4.58. The molecule has 0 unspecified atom stereocenters. The molecular formula is C23H19NO7. The fraction of sp³-hybridized carbons (Fsp3) is 0.174. The molecule has 0 amide bonds. The minimum absolute atomic E-state index is 0.0935. The van der Waals surface area contributed by atoms with E-state index in [2.05, 4.69) is 5.16 Å². The van der Waals surface area contributed by atoms with Crippen molar-refractivity contribution in [2.75, 3.05) is 14.2 Å². The van der Waals surface area contributed by atoms with E-state index in [4.69, 9.17) is 23.5 Å². The van der Waals surface area contributed by atoms with Crippen LogP contribution in [-0.2, 0) is 11.2 Å². The first-order valence-corrected chi connectivity index (χ1v) is 9.48. The maximum Gasteiger partial charge on any atom is 0.311 e. The van der Waals surface area contributed by atoms with Crippen LogP contribution in [0.15, 0.2) is 58.8 Å². The average Bonchev–Trinajstić information content (AvgIpc) is 3.37. The smallest absolute Gasteiger partial charge is 0.311 e. The molecule has 8 heteroatoms. The SMILES string of the molecule is COc1cccc(/C=C2\Oc3cc(OC(=O)CCc4cc(OC)no4)ccc3C2=O)c1. The number of nitrogens with zero attached hydrogens (tertiary/aromatic N) is 1. The number of esters is 1. The first-order chi connectivity index (χ1) is 15.1. The Morgan fingerprint density at radius 1 is 1.06 bits per heavy atom. The van der Waals surface area contributed by atoms with Crippen LogP contribution >= 0.6 is 0 Å². The van der Waals surface area contributed by atoms with Gasteiger partial charge in [0.2, 0.25) is 5.78 Å². The third-order valence-electron chi connectivity index (χ3n) is 4.59. The fourth-order valence-corrected chi connectivity index (χ4v) is 3.03. The van der Waals surface area contributed by atoms with Crippen molar-refractivity contribution in [3.63, 3.8) is 0 Å². The number of Topliss-reactive ketones (excluding diaryl/α,β-unsaturated/α-hetero) is 1. The van der Waals surface area contributed by atoms with E-state index in [1.165, 1.54) is 13.2 Å². The van der Waals surface area contributed by atoms with Crippen molar-refractivity contribution in [3.8, 4) is 23.1 Å². The van der Waals surface area contributed by atoms with Gasteiger partial charge in [0.1, 0.15) is 23.0 Å². The minimum Gasteiger partial charge on any atom is -0.497 e. The maximum atomic E-state index is 12.6. The van der Waals surface area contributed by atoms with Crippen LogP contribution in [-0.4, -0.2) is 31.1 Å². The Morgan fingerprint density at radius 3 is 2.71 bits per heavy atom. The molecule has 0 bridgehead atoms. The highest BCUT2D eigenvalue weighted by Gasteiger charge is 2.28. The molecule has 8 nitrogen and oxygen atoms in total. The number of ketones is 1. The van der Waals surface area contributed by atoms with E-state index in [0.717, 1.165) is 5.56 Å². The van der Waals surface area contributed by atoms with Crippen molar-refractivity contribution >= 4 is 17.8 Å². The van der Waals surface area contributed by atoms with Crippen LogP contribution in [0.3, 0.4) is 0 Å². The highest BCUT2D eigenvalue weighted by atomic mass is 16.5. The molecule has 0 fully saturated rings. The summed E-state index contributed by atoms with van der Waals surface area (Å²) in [7, 11) is 3.05. The molecule has 1 aliphatic rings. The van der Waals surface area contributed by atoms with Crippen molar-refractivity contribution in [1.82, 2.24) is 5.16 Å². The van der Waals surface area contributed by atoms with Gasteiger partial charge in [-0.2, -0.15) is 0 Å². The molecule has 0 atom stereocenters. The fourth-order valence-electron chi connectivity index (χ4n) is 3.03. The molecule has 31 heavy (non-hydrogen) atoms. The van der Waals surface area contributed by atoms with E-state index >= 15 is 0 Å². The Balaban J connectivity index is 1.41. The van der Waals surface area contributed by atoms with E-state index in [1.54, 1.807) is 37.5 Å². The monoisotopic (exact) mass is 421 g/mol. The third-order valence-corrected chi connectivity index (χ3v) is 4.59. The van der Waals surface area contributed by atoms with Crippen LogP contribution in [0.25, 0.3) is 6.08 Å². The van der Waals surface area contributed by atoms with Gasteiger partial charge < -0.3 is 23.5 Å². The molecule has 0 saturated carbocycles. The zero-order valence-electron chi connectivity index (χ0n) is 16.9. The van der Waals surface area contributed by atoms with Gasteiger partial charge in [-0.25, -0.2) is 0 Å². The number of fused-ring (bicyclic) bond motifs is 1. The molecule has 0 aliphatic carbocycles. The van der Waals surface area contributed by atoms with Gasteiger partial charge in [-0.1, -0.05) is 12.1 Å². The Morgan fingerprint density at radius 2 is 1.94 bits per heavy atom. The Bertz CT molecular complexity index is 1160. The lowest BCUT2D eigenvalue weighted by Crippen LogP contribution is -2.08. The number of methoxy groups -OCH3 is 2. The van der Waals surface area contributed by atoms with Crippen molar-refractivity contribution in [2.24, 2.45) is 0 Å². The zero-order chi connectivity index (χ0) is 21.8. The number of ether oxygens (including phenoxy) is 4. The van der Waals surface area contributed by atoms with Crippen LogP contribution in [0.2, 0.25) is 0 Å². The Hall–Kier alpha value is -4.07. The number of rotatable bonds is 7. The number of hydrogen-bond donors (Lipinski definition) is 0. The van der Waals surface area contributed by atoms with Gasteiger partial charge in [-0.05, 0) is 41.1 Å². The van der Waals surface area contributed by atoms with Gasteiger partial charge in [-0.3, -0.25) is 9.59 Å². The maximum absolute atomic E-state index is 12.6. The predicted molar refractivity (Wildman–Crippen MR) is 109 cm³/mol. The van der Waals surface area contributed by atoms with E-state index in [0.29, 0.717) is 35.1 Å². The van der Waals surface area contributed by atoms with Crippen LogP contribution < -0.4 is 18.9 Å². The molecule has 4 rings (SSSR count). The summed E-state index contributed by atoms with van der Waals surface area (Å²) in [6.07, 6.45) is 2.06. The standard InChI is InChI=1S/C23H19NO7/c1-27-15-5-3-4-14(10-15)11-20-23(26)18-8-6-16(12-19(18)30-20)29-22(25)9-7-17-13-21(28-2)24-31-17/h3-6,8,10-13H,7,9H2,1-2H3/b20-11-. The molecule has 158 valence electrons. The summed E-state index contributed by atoms with van der Waals surface area (Å²) in [5, 5.41) is 3.68. The highest BCUT2D eigenvalue weighted by Crippen LogP contribution is 2.35. The molecule has 0 saturated heterocycles. The number of carbonyl (C=O) groups excluding carboxylic acids is 2. The largest absolute Gasteiger partial charge is 0.497 e. The number of hydrogen-bond acceptors (Lipinski definition) is 8. The summed E-state index contributed by atoms with van der Waals surface area (Å²) in [6.45, 7) is 0. The lowest BCUT2D eigenvalue weighted by atomic mass is 10.1. The summed E-state index contributed by atoms with van der Waals surface area (Å²) in [6, 6.07) is 13.5. The first kappa shape index (κ1) is 20.2. The molecule has 2 aromatic carbocycles. The number of aryl methyl sites for hydroxylation is 1. The number of aromatic nitrogens is 1. The van der Waals surface area contributed by atoms with Crippen LogP contribution in [0, 0.1) is 0 Å². The Kier molecular flexibility index (Phi) is 5.70. The molecule has 1 aliphatic heterocycles. The van der Waals surface area contributed by atoms with Crippen molar-refractivity contribution in [2.45, 2.75) is 12.8 Å². The second-order valence-electron chi connectivity index (χ2n) is 6.68. The van der Waals surface area contributed by atoms with Gasteiger partial charge in [-0.15, -0.1) is 0 Å². The molecular weight excluding hydrogens is 402 g/mol. The predicted octanol–water partition coefficient (Wildman–Crippen LogP) is 3.85. The van der Waals surface area contributed by atoms with E-state index < -0.39 is 5.97 Å². The first-order valence-electron chi connectivity index (χ1n) is 9.48. The quantitative estimate of drug-likeness (QED) is 0.322. The molecule has 0 N–H and O–H groups in total. The molecule has 1 aromatic heterocycles. The molecule has 2 heterocycles. The summed E-state index contributed by atoms with van der Waals surface area (Å²) in [5.74, 6) is 1.66. The topological polar surface area (TPSA) is 97.1 Å². The molecule has 0 radical (unpaired) electrons. The van der Waals surface area contributed by atoms with E-state index in [9.17, 15) is 9.59 Å². The van der Waals surface area contributed by atoms with Crippen molar-refractivity contribution in [3.05, 3.63) is 71.2 Å². The van der Waals surface area contributed by atoms with E-state index in [1.807, 2.05) is 18.2 Å². The van der Waals surface area contributed by atoms with Crippen molar-refractivity contribution < 1.29 is 33.1 Å². The van der Waals surface area contributed by atoms with Gasteiger partial charge in [0.05, 0.1) is 26.2 Å². The van der Waals surface area contributed by atoms with Crippen LogP contribution in [0.5, 0.6) is 23.1 Å². The second kappa shape index (κ2) is 8.74. The van der Waals surface area contributed by atoms with Gasteiger partial charge in [0.25, 0.3) is 5.88 Å². The second-order valence-corrected chi connectivity index (χ2v) is 6.68. The zero-order valence-corrected chi connectivity index (χ0v) is 16.9. The molecule has 3 aromatic rings. The highest BCUT2D eigenvalue weighted by molar-refractivity contribution is 6.14. The normalized spacial score (nSPS) is 13.6. The van der Waals surface area contributed by atoms with E-state index in [-0.39, 0.29) is 23.7 Å². The van der Waals surface area contributed by atoms with Crippen molar-refractivity contribution in [1.29, 1.82) is 0 Å². The van der Waals surface area contributed by atoms with Gasteiger partial charge in [0, 0.05) is 18.6 Å². The lowest BCUT2D eigenvalue weighted by molar-refractivity contribution is -0.134.